The van der Waals surface area contributed by atoms with Crippen LogP contribution in [0.1, 0.15) is 20.8 Å². The molecule has 1 saturated heterocycles. The van der Waals surface area contributed by atoms with Crippen molar-refractivity contribution in [2.75, 3.05) is 13.2 Å². The van der Waals surface area contributed by atoms with Crippen molar-refractivity contribution >= 4 is 11.9 Å². The van der Waals surface area contributed by atoms with Gasteiger partial charge >= 0.3 is 11.9 Å². The van der Waals surface area contributed by atoms with E-state index in [0.717, 1.165) is 0 Å². The maximum absolute atomic E-state index is 11.3. The molecule has 1 aliphatic rings. The van der Waals surface area contributed by atoms with Gasteiger partial charge in [0.2, 0.25) is 0 Å². The molecule has 1 atom stereocenters. The van der Waals surface area contributed by atoms with Crippen molar-refractivity contribution < 1.29 is 19.4 Å². The molecule has 1 amide bonds. The maximum Gasteiger partial charge on any atom is 0.394 e. The molecule has 1 N–H and O–H groups in total. The summed E-state index contributed by atoms with van der Waals surface area (Å²) >= 11 is 0. The second-order valence-electron chi connectivity index (χ2n) is 3.93. The van der Waals surface area contributed by atoms with Crippen LogP contribution in [0.15, 0.2) is 0 Å². The zero-order valence-corrected chi connectivity index (χ0v) is 8.61. The number of nitrogens with zero attached hydrogens (tertiary/aromatic N) is 1. The molecule has 14 heavy (non-hydrogen) atoms. The molecule has 1 unspecified atom stereocenters. The topological polar surface area (TPSA) is 66.8 Å². The van der Waals surface area contributed by atoms with Crippen LogP contribution in [0.3, 0.4) is 0 Å². The summed E-state index contributed by atoms with van der Waals surface area (Å²) in [5.41, 5.74) is -0.483. The highest BCUT2D eigenvalue weighted by Crippen LogP contribution is 2.24. The number of morpholine rings is 1. The first-order valence-corrected chi connectivity index (χ1v) is 4.54. The average Bonchev–Trinajstić information content (AvgIpc) is 2.08. The number of carboxylic acids is 1. The minimum atomic E-state index is -1.41. The maximum atomic E-state index is 11.3. The monoisotopic (exact) mass is 201 g/mol. The number of carbonyl (C=O) groups is 2. The van der Waals surface area contributed by atoms with E-state index in [9.17, 15) is 9.59 Å². The summed E-state index contributed by atoms with van der Waals surface area (Å²) in [5.74, 6) is -2.26. The van der Waals surface area contributed by atoms with Gasteiger partial charge in [0.15, 0.2) is 0 Å². The Balaban J connectivity index is 2.80. The number of hydrogen-bond donors (Lipinski definition) is 1. The van der Waals surface area contributed by atoms with E-state index in [1.165, 1.54) is 4.90 Å². The van der Waals surface area contributed by atoms with Crippen LogP contribution in [0.2, 0.25) is 0 Å². The lowest BCUT2D eigenvalue weighted by atomic mass is 9.97. The minimum absolute atomic E-state index is 0.222. The molecule has 5 nitrogen and oxygen atoms in total. The van der Waals surface area contributed by atoms with E-state index < -0.39 is 17.5 Å². The zero-order chi connectivity index (χ0) is 10.9. The zero-order valence-electron chi connectivity index (χ0n) is 8.61. The summed E-state index contributed by atoms with van der Waals surface area (Å²) in [4.78, 5) is 23.1. The normalized spacial score (nSPS) is 25.9. The standard InChI is InChI=1S/C9H15NO4/c1-6-9(2,3)14-5-4-10(6)7(11)8(12)13/h6H,4-5H2,1-3H3,(H,12,13). The minimum Gasteiger partial charge on any atom is -0.474 e. The third-order valence-electron chi connectivity index (χ3n) is 2.72. The largest absolute Gasteiger partial charge is 0.474 e. The molecular formula is C9H15NO4. The first-order chi connectivity index (χ1) is 6.36. The van der Waals surface area contributed by atoms with Crippen LogP contribution in [0.25, 0.3) is 0 Å². The van der Waals surface area contributed by atoms with E-state index in [2.05, 4.69) is 0 Å². The van der Waals surface area contributed by atoms with Crippen molar-refractivity contribution in [2.45, 2.75) is 32.4 Å². The molecule has 1 aliphatic heterocycles. The van der Waals surface area contributed by atoms with Crippen LogP contribution >= 0.6 is 0 Å². The molecular weight excluding hydrogens is 186 g/mol. The van der Waals surface area contributed by atoms with Crippen LogP contribution in [-0.4, -0.2) is 46.7 Å². The number of aliphatic carboxylic acids is 1. The molecule has 0 spiro atoms. The number of rotatable bonds is 0. The lowest BCUT2D eigenvalue weighted by Crippen LogP contribution is -2.58. The highest BCUT2D eigenvalue weighted by molar-refractivity contribution is 6.31. The molecule has 0 saturated carbocycles. The fourth-order valence-corrected chi connectivity index (χ4v) is 1.50. The first kappa shape index (κ1) is 11.0. The molecule has 0 bridgehead atoms. The lowest BCUT2D eigenvalue weighted by Gasteiger charge is -2.43. The summed E-state index contributed by atoms with van der Waals surface area (Å²) in [6.07, 6.45) is 0. The fourth-order valence-electron chi connectivity index (χ4n) is 1.50. The summed E-state index contributed by atoms with van der Waals surface area (Å²) in [7, 11) is 0. The second kappa shape index (κ2) is 3.57. The van der Waals surface area contributed by atoms with Crippen molar-refractivity contribution in [3.05, 3.63) is 0 Å². The Morgan fingerprint density at radius 2 is 2.07 bits per heavy atom. The predicted octanol–water partition coefficient (Wildman–Crippen LogP) is 0.0969. The predicted molar refractivity (Wildman–Crippen MR) is 48.8 cm³/mol. The SMILES string of the molecule is CC1N(C(=O)C(=O)O)CCOC1(C)C. The number of hydrogen-bond acceptors (Lipinski definition) is 3. The quantitative estimate of drug-likeness (QED) is 0.564. The van der Waals surface area contributed by atoms with Crippen molar-refractivity contribution in [1.29, 1.82) is 0 Å². The first-order valence-electron chi connectivity index (χ1n) is 4.54. The molecule has 1 fully saturated rings. The van der Waals surface area contributed by atoms with E-state index in [4.69, 9.17) is 9.84 Å². The molecule has 5 heteroatoms. The van der Waals surface area contributed by atoms with E-state index >= 15 is 0 Å². The number of amides is 1. The van der Waals surface area contributed by atoms with Crippen molar-refractivity contribution in [3.63, 3.8) is 0 Å². The Hall–Kier alpha value is -1.10. The number of carboxylic acid groups (broad SMARTS) is 1. The van der Waals surface area contributed by atoms with Crippen molar-refractivity contribution in [2.24, 2.45) is 0 Å². The van der Waals surface area contributed by atoms with Gasteiger partial charge in [0.1, 0.15) is 0 Å². The Morgan fingerprint density at radius 3 is 2.57 bits per heavy atom. The Bertz CT molecular complexity index is 262. The average molecular weight is 201 g/mol. The van der Waals surface area contributed by atoms with Crippen LogP contribution in [-0.2, 0) is 14.3 Å². The van der Waals surface area contributed by atoms with Crippen molar-refractivity contribution in [1.82, 2.24) is 4.90 Å². The van der Waals surface area contributed by atoms with E-state index in [-0.39, 0.29) is 6.04 Å². The lowest BCUT2D eigenvalue weighted by molar-refractivity contribution is -0.170. The molecule has 0 aliphatic carbocycles. The Morgan fingerprint density at radius 1 is 1.50 bits per heavy atom. The fraction of sp³-hybridized carbons (Fsp3) is 0.778. The van der Waals surface area contributed by atoms with Crippen LogP contribution < -0.4 is 0 Å². The van der Waals surface area contributed by atoms with Gasteiger partial charge in [-0.15, -0.1) is 0 Å². The van der Waals surface area contributed by atoms with E-state index in [1.54, 1.807) is 6.92 Å². The van der Waals surface area contributed by atoms with Crippen LogP contribution in [0.5, 0.6) is 0 Å². The van der Waals surface area contributed by atoms with Gasteiger partial charge in [0.05, 0.1) is 18.2 Å². The summed E-state index contributed by atoms with van der Waals surface area (Å²) in [5, 5.41) is 8.59. The van der Waals surface area contributed by atoms with Crippen molar-refractivity contribution in [3.8, 4) is 0 Å². The highest BCUT2D eigenvalue weighted by Gasteiger charge is 2.39. The van der Waals surface area contributed by atoms with Gasteiger partial charge in [-0.25, -0.2) is 4.79 Å². The van der Waals surface area contributed by atoms with Crippen LogP contribution in [0.4, 0.5) is 0 Å². The summed E-state index contributed by atoms with van der Waals surface area (Å²) < 4.78 is 5.45. The number of carbonyl (C=O) groups excluding carboxylic acids is 1. The second-order valence-corrected chi connectivity index (χ2v) is 3.93. The van der Waals surface area contributed by atoms with Gasteiger partial charge in [0, 0.05) is 6.54 Å². The van der Waals surface area contributed by atoms with Gasteiger partial charge < -0.3 is 14.7 Å². The Kier molecular flexibility index (Phi) is 2.80. The molecule has 0 aromatic heterocycles. The molecule has 0 aromatic rings. The number of ether oxygens (including phenoxy) is 1. The highest BCUT2D eigenvalue weighted by atomic mass is 16.5. The molecule has 1 heterocycles. The van der Waals surface area contributed by atoms with Gasteiger partial charge in [-0.05, 0) is 20.8 Å². The Labute approximate surface area is 82.6 Å². The summed E-state index contributed by atoms with van der Waals surface area (Å²) in [6.45, 7) is 6.21. The van der Waals surface area contributed by atoms with E-state index in [0.29, 0.717) is 13.2 Å². The van der Waals surface area contributed by atoms with Crippen LogP contribution in [0, 0.1) is 0 Å². The molecule has 1 rings (SSSR count). The third kappa shape index (κ3) is 1.87. The smallest absolute Gasteiger partial charge is 0.394 e. The summed E-state index contributed by atoms with van der Waals surface area (Å²) in [6, 6.07) is -0.222. The van der Waals surface area contributed by atoms with E-state index in [1.807, 2.05) is 13.8 Å². The third-order valence-corrected chi connectivity index (χ3v) is 2.72. The molecule has 0 radical (unpaired) electrons. The van der Waals surface area contributed by atoms with Gasteiger partial charge in [-0.1, -0.05) is 0 Å². The molecule has 80 valence electrons. The van der Waals surface area contributed by atoms with Gasteiger partial charge in [0.25, 0.3) is 0 Å². The van der Waals surface area contributed by atoms with Gasteiger partial charge in [-0.2, -0.15) is 0 Å². The molecule has 0 aromatic carbocycles. The van der Waals surface area contributed by atoms with Gasteiger partial charge in [-0.3, -0.25) is 4.79 Å².